The average Bonchev–Trinajstić information content (AvgIpc) is 3.17. The Hall–Kier alpha value is -3.66. The average molecular weight is 318 g/mol. The Morgan fingerprint density at radius 3 is 2.67 bits per heavy atom. The van der Waals surface area contributed by atoms with Crippen molar-refractivity contribution < 1.29 is 4.74 Å². The molecule has 2 aromatic carbocycles. The highest BCUT2D eigenvalue weighted by molar-refractivity contribution is 5.75. The number of para-hydroxylation sites is 1. The van der Waals surface area contributed by atoms with Crippen LogP contribution >= 0.6 is 0 Å². The van der Waals surface area contributed by atoms with E-state index in [2.05, 4.69) is 25.9 Å². The van der Waals surface area contributed by atoms with Gasteiger partial charge in [0.1, 0.15) is 17.4 Å². The van der Waals surface area contributed by atoms with Gasteiger partial charge in [0.25, 0.3) is 0 Å². The van der Waals surface area contributed by atoms with Crippen molar-refractivity contribution >= 4 is 11.3 Å². The fourth-order valence-electron chi connectivity index (χ4n) is 2.21. The van der Waals surface area contributed by atoms with Crippen molar-refractivity contribution in [3.05, 3.63) is 60.6 Å². The second-order valence-corrected chi connectivity index (χ2v) is 4.83. The van der Waals surface area contributed by atoms with Crippen LogP contribution in [0.1, 0.15) is 5.82 Å². The lowest BCUT2D eigenvalue weighted by Crippen LogP contribution is -1.93. The number of ether oxygens (including phenoxy) is 1. The molecule has 0 saturated carbocycles. The number of aromatic amines is 1. The molecule has 0 aliphatic rings. The van der Waals surface area contributed by atoms with E-state index >= 15 is 0 Å². The SMILES string of the molecule is COc1ccccc1-c1ccc(NC=C(C#N)c2nn[nH]n2)cc1. The minimum absolute atomic E-state index is 0.246. The lowest BCUT2D eigenvalue weighted by Gasteiger charge is -2.09. The number of H-pyrrole nitrogens is 1. The summed E-state index contributed by atoms with van der Waals surface area (Å²) in [5.74, 6) is 1.07. The van der Waals surface area contributed by atoms with Crippen molar-refractivity contribution in [2.24, 2.45) is 0 Å². The first-order chi connectivity index (χ1) is 11.8. The van der Waals surface area contributed by atoms with Gasteiger partial charge >= 0.3 is 0 Å². The van der Waals surface area contributed by atoms with Crippen molar-refractivity contribution in [1.82, 2.24) is 20.6 Å². The second-order valence-electron chi connectivity index (χ2n) is 4.83. The van der Waals surface area contributed by atoms with Gasteiger partial charge in [-0.3, -0.25) is 0 Å². The van der Waals surface area contributed by atoms with E-state index in [9.17, 15) is 0 Å². The van der Waals surface area contributed by atoms with Gasteiger partial charge in [0.2, 0.25) is 5.82 Å². The summed E-state index contributed by atoms with van der Waals surface area (Å²) in [4.78, 5) is 0. The van der Waals surface area contributed by atoms with Gasteiger partial charge in [-0.25, -0.2) is 0 Å². The zero-order valence-corrected chi connectivity index (χ0v) is 12.9. The summed E-state index contributed by atoms with van der Waals surface area (Å²) in [5.41, 5.74) is 3.19. The quantitative estimate of drug-likeness (QED) is 0.702. The zero-order valence-electron chi connectivity index (χ0n) is 12.9. The number of benzene rings is 2. The van der Waals surface area contributed by atoms with E-state index in [4.69, 9.17) is 10.00 Å². The Bertz CT molecular complexity index is 878. The summed E-state index contributed by atoms with van der Waals surface area (Å²) >= 11 is 0. The van der Waals surface area contributed by atoms with Crippen molar-refractivity contribution in [3.8, 4) is 22.9 Å². The largest absolute Gasteiger partial charge is 0.496 e. The predicted octanol–water partition coefficient (Wildman–Crippen LogP) is 2.85. The Kier molecular flexibility index (Phi) is 4.49. The standard InChI is InChI=1S/C17H14N6O/c1-24-16-5-3-2-4-15(16)12-6-8-14(9-7-12)19-11-13(10-18)17-20-22-23-21-17/h2-9,11,19H,1H3,(H,20,21,22,23). The van der Waals surface area contributed by atoms with Crippen molar-refractivity contribution in [2.45, 2.75) is 0 Å². The lowest BCUT2D eigenvalue weighted by atomic mass is 10.0. The van der Waals surface area contributed by atoms with Crippen LogP contribution in [-0.2, 0) is 0 Å². The van der Waals surface area contributed by atoms with Gasteiger partial charge in [0, 0.05) is 17.5 Å². The molecule has 0 fully saturated rings. The molecule has 0 aliphatic carbocycles. The molecule has 1 heterocycles. The third-order valence-corrected chi connectivity index (χ3v) is 3.39. The second kappa shape index (κ2) is 7.07. The topological polar surface area (TPSA) is 99.5 Å². The van der Waals surface area contributed by atoms with Gasteiger partial charge in [-0.1, -0.05) is 30.3 Å². The predicted molar refractivity (Wildman–Crippen MR) is 89.8 cm³/mol. The Morgan fingerprint density at radius 1 is 1.21 bits per heavy atom. The number of hydrogen-bond donors (Lipinski definition) is 2. The van der Waals surface area contributed by atoms with E-state index in [1.165, 1.54) is 0 Å². The summed E-state index contributed by atoms with van der Waals surface area (Å²) < 4.78 is 5.38. The van der Waals surface area contributed by atoms with Crippen LogP contribution in [-0.4, -0.2) is 27.7 Å². The van der Waals surface area contributed by atoms with Crippen molar-refractivity contribution in [3.63, 3.8) is 0 Å². The number of allylic oxidation sites excluding steroid dienone is 1. The maximum atomic E-state index is 9.13. The molecule has 2 N–H and O–H groups in total. The van der Waals surface area contributed by atoms with Crippen LogP contribution in [0.5, 0.6) is 5.75 Å². The number of hydrogen-bond acceptors (Lipinski definition) is 6. The Labute approximate surface area is 138 Å². The monoisotopic (exact) mass is 318 g/mol. The van der Waals surface area contributed by atoms with Crippen LogP contribution in [0.4, 0.5) is 5.69 Å². The van der Waals surface area contributed by atoms with Crippen LogP contribution in [0.15, 0.2) is 54.7 Å². The highest BCUT2D eigenvalue weighted by Gasteiger charge is 2.06. The molecule has 0 aliphatic heterocycles. The van der Waals surface area contributed by atoms with Crippen molar-refractivity contribution in [1.29, 1.82) is 5.26 Å². The van der Waals surface area contributed by atoms with E-state index < -0.39 is 0 Å². The highest BCUT2D eigenvalue weighted by Crippen LogP contribution is 2.30. The molecule has 0 bridgehead atoms. The van der Waals surface area contributed by atoms with Crippen molar-refractivity contribution in [2.75, 3.05) is 12.4 Å². The first kappa shape index (κ1) is 15.2. The summed E-state index contributed by atoms with van der Waals surface area (Å²) in [6.07, 6.45) is 1.54. The van der Waals surface area contributed by atoms with E-state index in [-0.39, 0.29) is 11.4 Å². The van der Waals surface area contributed by atoms with E-state index in [0.29, 0.717) is 0 Å². The molecule has 7 heteroatoms. The molecular formula is C17H14N6O. The van der Waals surface area contributed by atoms with E-state index in [1.807, 2.05) is 54.6 Å². The number of tetrazole rings is 1. The molecule has 7 nitrogen and oxygen atoms in total. The molecule has 0 saturated heterocycles. The summed E-state index contributed by atoms with van der Waals surface area (Å²) in [5, 5.41) is 25.5. The minimum atomic E-state index is 0.246. The van der Waals surface area contributed by atoms with Crippen LogP contribution in [0.2, 0.25) is 0 Å². The molecule has 0 radical (unpaired) electrons. The highest BCUT2D eigenvalue weighted by atomic mass is 16.5. The number of nitrogens with one attached hydrogen (secondary N) is 2. The molecule has 0 atom stereocenters. The fourth-order valence-corrected chi connectivity index (χ4v) is 2.21. The maximum Gasteiger partial charge on any atom is 0.216 e. The number of nitrogens with zero attached hydrogens (tertiary/aromatic N) is 4. The number of rotatable bonds is 5. The molecule has 118 valence electrons. The molecule has 0 spiro atoms. The van der Waals surface area contributed by atoms with E-state index in [0.717, 1.165) is 22.6 Å². The number of methoxy groups -OCH3 is 1. The molecule has 1 aromatic heterocycles. The summed E-state index contributed by atoms with van der Waals surface area (Å²) in [6.45, 7) is 0. The normalized spacial score (nSPS) is 10.9. The Morgan fingerprint density at radius 2 is 2.00 bits per heavy atom. The molecule has 0 unspecified atom stereocenters. The first-order valence-electron chi connectivity index (χ1n) is 7.16. The smallest absolute Gasteiger partial charge is 0.216 e. The van der Waals surface area contributed by atoms with Gasteiger partial charge in [0.05, 0.1) is 7.11 Å². The number of nitriles is 1. The van der Waals surface area contributed by atoms with E-state index in [1.54, 1.807) is 13.3 Å². The fraction of sp³-hybridized carbons (Fsp3) is 0.0588. The minimum Gasteiger partial charge on any atom is -0.496 e. The zero-order chi connectivity index (χ0) is 16.8. The van der Waals surface area contributed by atoms with Crippen LogP contribution in [0.3, 0.4) is 0 Å². The molecule has 3 aromatic rings. The molecule has 0 amide bonds. The maximum absolute atomic E-state index is 9.13. The third-order valence-electron chi connectivity index (χ3n) is 3.39. The number of aromatic nitrogens is 4. The first-order valence-corrected chi connectivity index (χ1v) is 7.16. The molecular weight excluding hydrogens is 304 g/mol. The van der Waals surface area contributed by atoms with Gasteiger partial charge in [-0.05, 0) is 29.0 Å². The van der Waals surface area contributed by atoms with Crippen LogP contribution < -0.4 is 10.1 Å². The third kappa shape index (κ3) is 3.23. The molecule has 24 heavy (non-hydrogen) atoms. The lowest BCUT2D eigenvalue weighted by molar-refractivity contribution is 0.416. The van der Waals surface area contributed by atoms with Crippen LogP contribution in [0.25, 0.3) is 16.7 Å². The van der Waals surface area contributed by atoms with Gasteiger partial charge in [-0.2, -0.15) is 10.5 Å². The summed E-state index contributed by atoms with van der Waals surface area (Å²) in [7, 11) is 1.65. The number of anilines is 1. The van der Waals surface area contributed by atoms with Gasteiger partial charge in [0.15, 0.2) is 0 Å². The van der Waals surface area contributed by atoms with Crippen LogP contribution in [0, 0.1) is 11.3 Å². The Balaban J connectivity index is 1.79. The summed E-state index contributed by atoms with van der Waals surface area (Å²) in [6, 6.07) is 17.7. The molecule has 3 rings (SSSR count). The van der Waals surface area contributed by atoms with Gasteiger partial charge in [-0.15, -0.1) is 10.2 Å². The van der Waals surface area contributed by atoms with Gasteiger partial charge < -0.3 is 10.1 Å².